The van der Waals surface area contributed by atoms with Crippen LogP contribution in [0.5, 0.6) is 0 Å². The number of rotatable bonds is 4. The van der Waals surface area contributed by atoms with Crippen LogP contribution in [0.1, 0.15) is 12.8 Å². The van der Waals surface area contributed by atoms with E-state index in [1.165, 1.54) is 12.8 Å². The molecule has 1 rings (SSSR count). The molecule has 1 aliphatic heterocycles. The Balaban J connectivity index is 2.00. The minimum absolute atomic E-state index is 0.698. The van der Waals surface area contributed by atoms with Crippen molar-refractivity contribution in [3.63, 3.8) is 0 Å². The summed E-state index contributed by atoms with van der Waals surface area (Å²) in [5.74, 6) is 0.774. The van der Waals surface area contributed by atoms with E-state index in [2.05, 4.69) is 11.9 Å². The first-order valence-corrected chi connectivity index (χ1v) is 4.33. The molecule has 1 fully saturated rings. The number of nitrogens with one attached hydrogen (secondary N) is 1. The average Bonchev–Trinajstić information content (AvgIpc) is 2.07. The van der Waals surface area contributed by atoms with E-state index in [9.17, 15) is 0 Å². The standard InChI is InChI=1S/C9H17NO/c1-2-7-11-8-9-3-5-10-6-4-9/h2,9-10H,1,3-8H2. The lowest BCUT2D eigenvalue weighted by Crippen LogP contribution is -2.29. The van der Waals surface area contributed by atoms with Gasteiger partial charge >= 0.3 is 0 Å². The maximum absolute atomic E-state index is 5.38. The molecular weight excluding hydrogens is 138 g/mol. The number of hydrogen-bond donors (Lipinski definition) is 1. The molecule has 1 aliphatic rings. The van der Waals surface area contributed by atoms with Gasteiger partial charge in [0.2, 0.25) is 0 Å². The van der Waals surface area contributed by atoms with E-state index < -0.39 is 0 Å². The largest absolute Gasteiger partial charge is 0.377 e. The van der Waals surface area contributed by atoms with Crippen molar-refractivity contribution in [3.05, 3.63) is 12.7 Å². The van der Waals surface area contributed by atoms with Crippen molar-refractivity contribution in [2.45, 2.75) is 12.8 Å². The molecule has 2 nitrogen and oxygen atoms in total. The van der Waals surface area contributed by atoms with Crippen LogP contribution in [0.2, 0.25) is 0 Å². The van der Waals surface area contributed by atoms with E-state index in [0.29, 0.717) is 6.61 Å². The minimum atomic E-state index is 0.698. The fourth-order valence-corrected chi connectivity index (χ4v) is 1.37. The van der Waals surface area contributed by atoms with E-state index in [4.69, 9.17) is 4.74 Å². The molecule has 1 saturated heterocycles. The van der Waals surface area contributed by atoms with Crippen LogP contribution in [0, 0.1) is 5.92 Å². The fraction of sp³-hybridized carbons (Fsp3) is 0.778. The summed E-state index contributed by atoms with van der Waals surface area (Å²) >= 11 is 0. The molecule has 0 aromatic heterocycles. The fourth-order valence-electron chi connectivity index (χ4n) is 1.37. The molecule has 2 heteroatoms. The van der Waals surface area contributed by atoms with Gasteiger partial charge in [0.1, 0.15) is 0 Å². The maximum Gasteiger partial charge on any atom is 0.0644 e. The summed E-state index contributed by atoms with van der Waals surface area (Å²) in [7, 11) is 0. The van der Waals surface area contributed by atoms with Gasteiger partial charge in [-0.1, -0.05) is 6.08 Å². The monoisotopic (exact) mass is 155 g/mol. The molecule has 0 radical (unpaired) electrons. The zero-order chi connectivity index (χ0) is 7.94. The van der Waals surface area contributed by atoms with Crippen LogP contribution in [0.3, 0.4) is 0 Å². The lowest BCUT2D eigenvalue weighted by Gasteiger charge is -2.21. The molecule has 0 aromatic carbocycles. The molecule has 11 heavy (non-hydrogen) atoms. The summed E-state index contributed by atoms with van der Waals surface area (Å²) in [5, 5.41) is 3.33. The summed E-state index contributed by atoms with van der Waals surface area (Å²) in [6, 6.07) is 0. The SMILES string of the molecule is C=CCOCC1CCNCC1. The van der Waals surface area contributed by atoms with Gasteiger partial charge < -0.3 is 10.1 Å². The van der Waals surface area contributed by atoms with Crippen molar-refractivity contribution in [1.82, 2.24) is 5.32 Å². The molecule has 0 aromatic rings. The lowest BCUT2D eigenvalue weighted by atomic mass is 9.99. The first kappa shape index (κ1) is 8.75. The highest BCUT2D eigenvalue weighted by Crippen LogP contribution is 2.11. The smallest absolute Gasteiger partial charge is 0.0644 e. The van der Waals surface area contributed by atoms with Gasteiger partial charge in [0.15, 0.2) is 0 Å². The van der Waals surface area contributed by atoms with Gasteiger partial charge in [-0.05, 0) is 31.8 Å². The summed E-state index contributed by atoms with van der Waals surface area (Å²) < 4.78 is 5.38. The average molecular weight is 155 g/mol. The molecule has 64 valence electrons. The Morgan fingerprint density at radius 1 is 1.45 bits per heavy atom. The van der Waals surface area contributed by atoms with Crippen molar-refractivity contribution < 1.29 is 4.74 Å². The Hall–Kier alpha value is -0.340. The Morgan fingerprint density at radius 2 is 2.18 bits per heavy atom. The van der Waals surface area contributed by atoms with Gasteiger partial charge in [-0.3, -0.25) is 0 Å². The molecule has 1 N–H and O–H groups in total. The predicted octanol–water partition coefficient (Wildman–Crippen LogP) is 1.19. The van der Waals surface area contributed by atoms with E-state index in [-0.39, 0.29) is 0 Å². The molecular formula is C9H17NO. The summed E-state index contributed by atoms with van der Waals surface area (Å²) in [6.45, 7) is 7.52. The third-order valence-corrected chi connectivity index (χ3v) is 2.05. The molecule has 0 atom stereocenters. The highest BCUT2D eigenvalue weighted by Gasteiger charge is 2.11. The number of piperidine rings is 1. The Bertz CT molecular complexity index is 108. The van der Waals surface area contributed by atoms with Crippen LogP contribution >= 0.6 is 0 Å². The van der Waals surface area contributed by atoms with E-state index >= 15 is 0 Å². The minimum Gasteiger partial charge on any atom is -0.377 e. The maximum atomic E-state index is 5.38. The molecule has 0 bridgehead atoms. The molecule has 1 heterocycles. The molecule has 0 spiro atoms. The van der Waals surface area contributed by atoms with Crippen molar-refractivity contribution in [2.24, 2.45) is 5.92 Å². The first-order chi connectivity index (χ1) is 5.43. The van der Waals surface area contributed by atoms with Crippen LogP contribution in [-0.2, 0) is 4.74 Å². The number of ether oxygens (including phenoxy) is 1. The third kappa shape index (κ3) is 3.54. The van der Waals surface area contributed by atoms with Crippen LogP contribution in [0.4, 0.5) is 0 Å². The second-order valence-electron chi connectivity index (χ2n) is 3.02. The summed E-state index contributed by atoms with van der Waals surface area (Å²) in [5.41, 5.74) is 0. The molecule has 0 saturated carbocycles. The van der Waals surface area contributed by atoms with Crippen molar-refractivity contribution in [1.29, 1.82) is 0 Å². The van der Waals surface area contributed by atoms with Crippen LogP contribution < -0.4 is 5.32 Å². The highest BCUT2D eigenvalue weighted by atomic mass is 16.5. The van der Waals surface area contributed by atoms with Gasteiger partial charge in [-0.2, -0.15) is 0 Å². The van der Waals surface area contributed by atoms with Crippen LogP contribution in [0.15, 0.2) is 12.7 Å². The lowest BCUT2D eigenvalue weighted by molar-refractivity contribution is 0.109. The summed E-state index contributed by atoms with van der Waals surface area (Å²) in [6.07, 6.45) is 4.33. The van der Waals surface area contributed by atoms with Gasteiger partial charge in [0, 0.05) is 6.61 Å². The van der Waals surface area contributed by atoms with E-state index in [1.54, 1.807) is 6.08 Å². The molecule has 0 aliphatic carbocycles. The van der Waals surface area contributed by atoms with Crippen molar-refractivity contribution in [3.8, 4) is 0 Å². The van der Waals surface area contributed by atoms with Crippen LogP contribution in [0.25, 0.3) is 0 Å². The van der Waals surface area contributed by atoms with Gasteiger partial charge in [0.25, 0.3) is 0 Å². The van der Waals surface area contributed by atoms with Gasteiger partial charge in [-0.25, -0.2) is 0 Å². The molecule has 0 unspecified atom stereocenters. The Morgan fingerprint density at radius 3 is 2.82 bits per heavy atom. The zero-order valence-electron chi connectivity index (χ0n) is 7.01. The van der Waals surface area contributed by atoms with Crippen molar-refractivity contribution >= 4 is 0 Å². The van der Waals surface area contributed by atoms with Crippen molar-refractivity contribution in [2.75, 3.05) is 26.3 Å². The topological polar surface area (TPSA) is 21.3 Å². The Kier molecular flexibility index (Phi) is 4.24. The quantitative estimate of drug-likeness (QED) is 0.486. The Labute approximate surface area is 68.6 Å². The second-order valence-corrected chi connectivity index (χ2v) is 3.02. The molecule has 0 amide bonds. The number of hydrogen-bond acceptors (Lipinski definition) is 2. The predicted molar refractivity (Wildman–Crippen MR) is 46.6 cm³/mol. The van der Waals surface area contributed by atoms with Gasteiger partial charge in [0.05, 0.1) is 6.61 Å². The first-order valence-electron chi connectivity index (χ1n) is 4.33. The summed E-state index contributed by atoms with van der Waals surface area (Å²) in [4.78, 5) is 0. The highest BCUT2D eigenvalue weighted by molar-refractivity contribution is 4.69. The van der Waals surface area contributed by atoms with E-state index in [1.807, 2.05) is 0 Å². The normalized spacial score (nSPS) is 20.0. The van der Waals surface area contributed by atoms with E-state index in [0.717, 1.165) is 25.6 Å². The zero-order valence-corrected chi connectivity index (χ0v) is 7.01. The van der Waals surface area contributed by atoms with Gasteiger partial charge in [-0.15, -0.1) is 6.58 Å². The third-order valence-electron chi connectivity index (χ3n) is 2.05. The van der Waals surface area contributed by atoms with Crippen LogP contribution in [-0.4, -0.2) is 26.3 Å². The second kappa shape index (κ2) is 5.33.